The number of carbonyl (C=O) groups is 1. The summed E-state index contributed by atoms with van der Waals surface area (Å²) in [5.74, 6) is -1.26. The number of hydrogen-bond donors (Lipinski definition) is 2. The Morgan fingerprint density at radius 3 is 2.62 bits per heavy atom. The van der Waals surface area contributed by atoms with Crippen LogP contribution in [0.25, 0.3) is 0 Å². The van der Waals surface area contributed by atoms with Crippen LogP contribution in [0, 0.1) is 11.6 Å². The third-order valence-electron chi connectivity index (χ3n) is 3.65. The maximum Gasteiger partial charge on any atom is 0.281 e. The molecular formula is C17H22F2N3O2+. The van der Waals surface area contributed by atoms with E-state index in [-0.39, 0.29) is 29.8 Å². The van der Waals surface area contributed by atoms with Crippen LogP contribution in [0.2, 0.25) is 0 Å². The van der Waals surface area contributed by atoms with Crippen molar-refractivity contribution in [2.75, 3.05) is 11.9 Å². The first-order chi connectivity index (χ1) is 11.2. The standard InChI is InChI=1S/C17H21F2N3O2/c1-10(12-6-5-11(18)7-13(12)19)20-9-15(23)21-16-8-14(22-24-16)17(2,3)4/h5-8,10,20H,9H2,1-4H3,(H,21,23)/p+1/t10-/m0/s1. The van der Waals surface area contributed by atoms with E-state index < -0.39 is 11.6 Å². The molecule has 1 aromatic heterocycles. The molecule has 0 radical (unpaired) electrons. The molecule has 1 atom stereocenters. The lowest BCUT2D eigenvalue weighted by Gasteiger charge is -2.12. The number of aromatic nitrogens is 1. The molecule has 2 rings (SSSR count). The number of rotatable bonds is 5. The third kappa shape index (κ3) is 4.61. The smallest absolute Gasteiger partial charge is 0.281 e. The highest BCUT2D eigenvalue weighted by atomic mass is 19.1. The normalized spacial score (nSPS) is 12.9. The van der Waals surface area contributed by atoms with Crippen molar-refractivity contribution in [3.63, 3.8) is 0 Å². The number of benzene rings is 1. The lowest BCUT2D eigenvalue weighted by molar-refractivity contribution is -0.682. The summed E-state index contributed by atoms with van der Waals surface area (Å²) in [6.07, 6.45) is 0. The van der Waals surface area contributed by atoms with Gasteiger partial charge in [0.25, 0.3) is 5.91 Å². The van der Waals surface area contributed by atoms with Crippen LogP contribution < -0.4 is 10.6 Å². The molecule has 0 saturated heterocycles. The Labute approximate surface area is 139 Å². The number of carbonyl (C=O) groups excluding carboxylic acids is 1. The average Bonchev–Trinajstić information content (AvgIpc) is 2.93. The van der Waals surface area contributed by atoms with Crippen LogP contribution in [0.3, 0.4) is 0 Å². The number of halogens is 2. The van der Waals surface area contributed by atoms with E-state index in [1.165, 1.54) is 12.1 Å². The molecule has 130 valence electrons. The monoisotopic (exact) mass is 338 g/mol. The van der Waals surface area contributed by atoms with E-state index in [1.54, 1.807) is 18.3 Å². The summed E-state index contributed by atoms with van der Waals surface area (Å²) in [7, 11) is 0. The van der Waals surface area contributed by atoms with Crippen LogP contribution >= 0.6 is 0 Å². The van der Waals surface area contributed by atoms with Gasteiger partial charge in [0.05, 0.1) is 5.69 Å². The van der Waals surface area contributed by atoms with Crippen molar-refractivity contribution in [3.8, 4) is 0 Å². The Kier molecular flexibility index (Phi) is 5.33. The number of hydrogen-bond acceptors (Lipinski definition) is 3. The maximum atomic E-state index is 13.7. The van der Waals surface area contributed by atoms with Gasteiger partial charge in [-0.1, -0.05) is 25.9 Å². The Hall–Kier alpha value is -2.28. The number of quaternary nitrogens is 1. The average molecular weight is 338 g/mol. The second-order valence-corrected chi connectivity index (χ2v) is 6.77. The minimum atomic E-state index is -0.624. The van der Waals surface area contributed by atoms with E-state index in [4.69, 9.17) is 4.52 Å². The van der Waals surface area contributed by atoms with Crippen LogP contribution in [0.1, 0.15) is 45.0 Å². The van der Waals surface area contributed by atoms with Gasteiger partial charge in [0.1, 0.15) is 17.7 Å². The van der Waals surface area contributed by atoms with Gasteiger partial charge in [-0.15, -0.1) is 0 Å². The van der Waals surface area contributed by atoms with Crippen LogP contribution in [0.4, 0.5) is 14.7 Å². The summed E-state index contributed by atoms with van der Waals surface area (Å²) in [5.41, 5.74) is 0.912. The summed E-state index contributed by atoms with van der Waals surface area (Å²) >= 11 is 0. The van der Waals surface area contributed by atoms with E-state index in [0.29, 0.717) is 5.56 Å². The molecule has 0 saturated carbocycles. The van der Waals surface area contributed by atoms with Crippen molar-refractivity contribution in [1.29, 1.82) is 0 Å². The molecule has 0 fully saturated rings. The second kappa shape index (κ2) is 7.09. The molecule has 0 aliphatic heterocycles. The Morgan fingerprint density at radius 1 is 1.33 bits per heavy atom. The molecule has 1 amide bonds. The van der Waals surface area contributed by atoms with Crippen LogP contribution in [0.15, 0.2) is 28.8 Å². The molecule has 0 spiro atoms. The van der Waals surface area contributed by atoms with E-state index in [9.17, 15) is 13.6 Å². The quantitative estimate of drug-likeness (QED) is 0.880. The van der Waals surface area contributed by atoms with Crippen molar-refractivity contribution in [3.05, 3.63) is 47.2 Å². The van der Waals surface area contributed by atoms with Crippen LogP contribution in [-0.4, -0.2) is 17.6 Å². The highest BCUT2D eigenvalue weighted by Gasteiger charge is 2.20. The zero-order valence-corrected chi connectivity index (χ0v) is 14.2. The Bertz CT molecular complexity index is 723. The van der Waals surface area contributed by atoms with Gasteiger partial charge in [0.15, 0.2) is 6.54 Å². The largest absolute Gasteiger partial charge is 0.338 e. The summed E-state index contributed by atoms with van der Waals surface area (Å²) in [6.45, 7) is 7.79. The predicted octanol–water partition coefficient (Wildman–Crippen LogP) is 2.51. The molecule has 0 bridgehead atoms. The third-order valence-corrected chi connectivity index (χ3v) is 3.65. The minimum absolute atomic E-state index is 0.0730. The molecule has 7 heteroatoms. The maximum absolute atomic E-state index is 13.7. The van der Waals surface area contributed by atoms with Gasteiger partial charge < -0.3 is 9.84 Å². The summed E-state index contributed by atoms with van der Waals surface area (Å²) in [5, 5.41) is 8.19. The van der Waals surface area contributed by atoms with Gasteiger partial charge in [0.2, 0.25) is 5.88 Å². The van der Waals surface area contributed by atoms with Gasteiger partial charge in [-0.05, 0) is 19.1 Å². The van der Waals surface area contributed by atoms with Crippen molar-refractivity contribution in [1.82, 2.24) is 5.16 Å². The second-order valence-electron chi connectivity index (χ2n) is 6.77. The van der Waals surface area contributed by atoms with Gasteiger partial charge >= 0.3 is 0 Å². The fourth-order valence-corrected chi connectivity index (χ4v) is 2.16. The fourth-order valence-electron chi connectivity index (χ4n) is 2.16. The molecule has 2 aromatic rings. The van der Waals surface area contributed by atoms with Gasteiger partial charge in [0, 0.05) is 23.1 Å². The molecular weight excluding hydrogens is 316 g/mol. The Balaban J connectivity index is 1.90. The molecule has 1 heterocycles. The first kappa shape index (κ1) is 18.1. The fraction of sp³-hybridized carbons (Fsp3) is 0.412. The lowest BCUT2D eigenvalue weighted by Crippen LogP contribution is -2.86. The van der Waals surface area contributed by atoms with Gasteiger partial charge in [-0.2, -0.15) is 0 Å². The summed E-state index contributed by atoms with van der Waals surface area (Å²) in [6, 6.07) is 4.78. The molecule has 24 heavy (non-hydrogen) atoms. The SMILES string of the molecule is C[C@H]([NH2+]CC(=O)Nc1cc(C(C)(C)C)no1)c1ccc(F)cc1F. The predicted molar refractivity (Wildman–Crippen MR) is 85.4 cm³/mol. The van der Waals surface area contributed by atoms with Crippen molar-refractivity contribution < 1.29 is 23.4 Å². The lowest BCUT2D eigenvalue weighted by atomic mass is 9.92. The van der Waals surface area contributed by atoms with Crippen LogP contribution in [0.5, 0.6) is 0 Å². The topological polar surface area (TPSA) is 71.7 Å². The number of nitrogens with two attached hydrogens (primary N) is 1. The van der Waals surface area contributed by atoms with Crippen molar-refractivity contribution >= 4 is 11.8 Å². The number of nitrogens with zero attached hydrogens (tertiary/aromatic N) is 1. The van der Waals surface area contributed by atoms with Gasteiger partial charge in [-0.3, -0.25) is 10.1 Å². The molecule has 5 nitrogen and oxygen atoms in total. The number of anilines is 1. The number of nitrogens with one attached hydrogen (secondary N) is 1. The van der Waals surface area contributed by atoms with Crippen molar-refractivity contribution in [2.24, 2.45) is 0 Å². The molecule has 0 aliphatic carbocycles. The van der Waals surface area contributed by atoms with Gasteiger partial charge in [-0.25, -0.2) is 8.78 Å². The first-order valence-electron chi connectivity index (χ1n) is 7.72. The molecule has 1 aromatic carbocycles. The van der Waals surface area contributed by atoms with Crippen molar-refractivity contribution in [2.45, 2.75) is 39.2 Å². The molecule has 0 aliphatic rings. The summed E-state index contributed by atoms with van der Waals surface area (Å²) in [4.78, 5) is 12.0. The molecule has 0 unspecified atom stereocenters. The molecule has 3 N–H and O–H groups in total. The van der Waals surface area contributed by atoms with E-state index in [0.717, 1.165) is 11.8 Å². The zero-order chi connectivity index (χ0) is 17.9. The minimum Gasteiger partial charge on any atom is -0.338 e. The van der Waals surface area contributed by atoms with E-state index >= 15 is 0 Å². The summed E-state index contributed by atoms with van der Waals surface area (Å²) < 4.78 is 31.7. The zero-order valence-electron chi connectivity index (χ0n) is 14.2. The van der Waals surface area contributed by atoms with Crippen LogP contribution in [-0.2, 0) is 10.2 Å². The Morgan fingerprint density at radius 2 is 2.04 bits per heavy atom. The number of amides is 1. The highest BCUT2D eigenvalue weighted by Crippen LogP contribution is 2.23. The van der Waals surface area contributed by atoms with E-state index in [2.05, 4.69) is 10.5 Å². The highest BCUT2D eigenvalue weighted by molar-refractivity contribution is 5.90. The van der Waals surface area contributed by atoms with E-state index in [1.807, 2.05) is 20.8 Å². The first-order valence-corrected chi connectivity index (χ1v) is 7.72.